The lowest BCUT2D eigenvalue weighted by Gasteiger charge is -2.26. The van der Waals surface area contributed by atoms with Crippen LogP contribution in [-0.4, -0.2) is 37.8 Å². The molecule has 0 fully saturated rings. The van der Waals surface area contributed by atoms with Crippen molar-refractivity contribution < 1.29 is 9.94 Å². The Morgan fingerprint density at radius 3 is 2.47 bits per heavy atom. The van der Waals surface area contributed by atoms with Gasteiger partial charge in [0.1, 0.15) is 0 Å². The molecule has 1 aromatic carbocycles. The van der Waals surface area contributed by atoms with Crippen molar-refractivity contribution in [3.8, 4) is 0 Å². The van der Waals surface area contributed by atoms with Crippen LogP contribution in [0.15, 0.2) is 29.4 Å². The van der Waals surface area contributed by atoms with Crippen LogP contribution in [0.2, 0.25) is 0 Å². The number of hydrogen-bond donors (Lipinski definition) is 2. The maximum atomic E-state index is 8.64. The van der Waals surface area contributed by atoms with Crippen LogP contribution in [-0.2, 0) is 4.74 Å². The lowest BCUT2D eigenvalue weighted by atomic mass is 10.1. The van der Waals surface area contributed by atoms with Crippen molar-refractivity contribution in [2.24, 2.45) is 16.8 Å². The van der Waals surface area contributed by atoms with Gasteiger partial charge in [0.05, 0.1) is 6.61 Å². The first-order chi connectivity index (χ1) is 9.08. The van der Waals surface area contributed by atoms with Gasteiger partial charge in [0.2, 0.25) is 0 Å². The van der Waals surface area contributed by atoms with Crippen LogP contribution in [0.3, 0.4) is 0 Å². The highest BCUT2D eigenvalue weighted by Crippen LogP contribution is 2.16. The highest BCUT2D eigenvalue weighted by molar-refractivity contribution is 5.97. The summed E-state index contributed by atoms with van der Waals surface area (Å²) < 4.78 is 5.14. The zero-order valence-corrected chi connectivity index (χ0v) is 11.8. The van der Waals surface area contributed by atoms with Crippen molar-refractivity contribution in [3.05, 3.63) is 29.8 Å². The van der Waals surface area contributed by atoms with Crippen molar-refractivity contribution in [3.63, 3.8) is 0 Å². The minimum atomic E-state index is 0.124. The largest absolute Gasteiger partial charge is 0.409 e. The zero-order chi connectivity index (χ0) is 14.3. The predicted molar refractivity (Wildman–Crippen MR) is 77.9 cm³/mol. The SMILES string of the molecule is COCCN(CC(C)C)c1ccc(C(N)=NO)cc1. The summed E-state index contributed by atoms with van der Waals surface area (Å²) in [4.78, 5) is 2.27. The van der Waals surface area contributed by atoms with Crippen LogP contribution in [0.4, 0.5) is 5.69 Å². The molecule has 0 aliphatic carbocycles. The Balaban J connectivity index is 2.83. The first-order valence-corrected chi connectivity index (χ1v) is 6.40. The molecule has 0 saturated heterocycles. The maximum absolute atomic E-state index is 8.64. The predicted octanol–water partition coefficient (Wildman–Crippen LogP) is 1.89. The van der Waals surface area contributed by atoms with Gasteiger partial charge in [0.25, 0.3) is 0 Å². The van der Waals surface area contributed by atoms with Crippen molar-refractivity contribution in [1.29, 1.82) is 0 Å². The second-order valence-electron chi connectivity index (χ2n) is 4.86. The minimum Gasteiger partial charge on any atom is -0.409 e. The number of rotatable bonds is 7. The Kier molecular flexibility index (Phi) is 6.15. The molecule has 0 bridgehead atoms. The van der Waals surface area contributed by atoms with Gasteiger partial charge in [-0.25, -0.2) is 0 Å². The molecule has 0 aromatic heterocycles. The summed E-state index contributed by atoms with van der Waals surface area (Å²) in [6.45, 7) is 6.87. The zero-order valence-electron chi connectivity index (χ0n) is 11.8. The monoisotopic (exact) mass is 265 g/mol. The van der Waals surface area contributed by atoms with Crippen LogP contribution >= 0.6 is 0 Å². The second kappa shape index (κ2) is 7.63. The molecule has 0 aliphatic rings. The summed E-state index contributed by atoms with van der Waals surface area (Å²) >= 11 is 0. The molecule has 3 N–H and O–H groups in total. The summed E-state index contributed by atoms with van der Waals surface area (Å²) in [5, 5.41) is 11.6. The molecule has 1 rings (SSSR count). The van der Waals surface area contributed by atoms with E-state index in [0.29, 0.717) is 18.1 Å². The van der Waals surface area contributed by atoms with Crippen LogP contribution in [0.1, 0.15) is 19.4 Å². The lowest BCUT2D eigenvalue weighted by molar-refractivity contribution is 0.204. The summed E-state index contributed by atoms with van der Waals surface area (Å²) in [5.74, 6) is 0.694. The number of methoxy groups -OCH3 is 1. The maximum Gasteiger partial charge on any atom is 0.170 e. The molecular weight excluding hydrogens is 242 g/mol. The van der Waals surface area contributed by atoms with Gasteiger partial charge in [0.15, 0.2) is 5.84 Å². The van der Waals surface area contributed by atoms with E-state index in [1.807, 2.05) is 24.3 Å². The Hall–Kier alpha value is -1.75. The Morgan fingerprint density at radius 2 is 2.00 bits per heavy atom. The summed E-state index contributed by atoms with van der Waals surface area (Å²) in [7, 11) is 1.70. The molecule has 0 spiro atoms. The van der Waals surface area contributed by atoms with E-state index in [1.165, 1.54) is 0 Å². The fraction of sp³-hybridized carbons (Fsp3) is 0.500. The van der Waals surface area contributed by atoms with Gasteiger partial charge < -0.3 is 20.6 Å². The summed E-state index contributed by atoms with van der Waals surface area (Å²) in [6.07, 6.45) is 0. The van der Waals surface area contributed by atoms with Gasteiger partial charge in [-0.2, -0.15) is 0 Å². The number of nitrogens with zero attached hydrogens (tertiary/aromatic N) is 2. The molecule has 0 atom stereocenters. The van der Waals surface area contributed by atoms with E-state index in [2.05, 4.69) is 23.9 Å². The number of oxime groups is 1. The van der Waals surface area contributed by atoms with Gasteiger partial charge in [-0.15, -0.1) is 0 Å². The molecular formula is C14H23N3O2. The second-order valence-corrected chi connectivity index (χ2v) is 4.86. The molecule has 19 heavy (non-hydrogen) atoms. The van der Waals surface area contributed by atoms with Gasteiger partial charge in [-0.05, 0) is 30.2 Å². The number of benzene rings is 1. The number of amidine groups is 1. The molecule has 0 saturated carbocycles. The normalized spacial score (nSPS) is 11.9. The quantitative estimate of drug-likeness (QED) is 0.342. The van der Waals surface area contributed by atoms with Crippen LogP contribution < -0.4 is 10.6 Å². The molecule has 0 aliphatic heterocycles. The van der Waals surface area contributed by atoms with Crippen LogP contribution in [0.25, 0.3) is 0 Å². The van der Waals surface area contributed by atoms with Gasteiger partial charge in [0, 0.05) is 31.5 Å². The van der Waals surface area contributed by atoms with Crippen LogP contribution in [0, 0.1) is 5.92 Å². The third-order valence-electron chi connectivity index (χ3n) is 2.79. The van der Waals surface area contributed by atoms with E-state index in [0.717, 1.165) is 18.8 Å². The van der Waals surface area contributed by atoms with E-state index in [4.69, 9.17) is 15.7 Å². The third kappa shape index (κ3) is 4.79. The van der Waals surface area contributed by atoms with Gasteiger partial charge >= 0.3 is 0 Å². The average Bonchev–Trinajstić information content (AvgIpc) is 2.42. The first kappa shape index (κ1) is 15.3. The van der Waals surface area contributed by atoms with Gasteiger partial charge in [-0.1, -0.05) is 19.0 Å². The van der Waals surface area contributed by atoms with Crippen molar-refractivity contribution in [2.45, 2.75) is 13.8 Å². The number of ether oxygens (including phenoxy) is 1. The number of hydrogen-bond acceptors (Lipinski definition) is 4. The standard InChI is InChI=1S/C14H23N3O2/c1-11(2)10-17(8-9-19-3)13-6-4-12(5-7-13)14(15)16-18/h4-7,11,18H,8-10H2,1-3H3,(H2,15,16). The lowest BCUT2D eigenvalue weighted by Crippen LogP contribution is -2.31. The fourth-order valence-corrected chi connectivity index (χ4v) is 1.87. The molecule has 5 heteroatoms. The average molecular weight is 265 g/mol. The molecule has 0 heterocycles. The molecule has 1 aromatic rings. The molecule has 106 valence electrons. The van der Waals surface area contributed by atoms with E-state index in [-0.39, 0.29) is 5.84 Å². The van der Waals surface area contributed by atoms with E-state index in [1.54, 1.807) is 7.11 Å². The summed E-state index contributed by atoms with van der Waals surface area (Å²) in [5.41, 5.74) is 7.37. The molecule has 0 radical (unpaired) electrons. The van der Waals surface area contributed by atoms with Crippen molar-refractivity contribution >= 4 is 11.5 Å². The smallest absolute Gasteiger partial charge is 0.170 e. The fourth-order valence-electron chi connectivity index (χ4n) is 1.87. The Labute approximate surface area is 114 Å². The van der Waals surface area contributed by atoms with E-state index >= 15 is 0 Å². The van der Waals surface area contributed by atoms with Crippen molar-refractivity contribution in [1.82, 2.24) is 0 Å². The summed E-state index contributed by atoms with van der Waals surface area (Å²) in [6, 6.07) is 7.66. The molecule has 0 amide bonds. The van der Waals surface area contributed by atoms with Crippen molar-refractivity contribution in [2.75, 3.05) is 31.7 Å². The van der Waals surface area contributed by atoms with E-state index in [9.17, 15) is 0 Å². The highest BCUT2D eigenvalue weighted by atomic mass is 16.5. The van der Waals surface area contributed by atoms with E-state index < -0.39 is 0 Å². The molecule has 5 nitrogen and oxygen atoms in total. The van der Waals surface area contributed by atoms with Gasteiger partial charge in [-0.3, -0.25) is 0 Å². The Morgan fingerprint density at radius 1 is 1.37 bits per heavy atom. The number of anilines is 1. The topological polar surface area (TPSA) is 71.1 Å². The minimum absolute atomic E-state index is 0.124. The van der Waals surface area contributed by atoms with Crippen LogP contribution in [0.5, 0.6) is 0 Å². The third-order valence-corrected chi connectivity index (χ3v) is 2.79. The first-order valence-electron chi connectivity index (χ1n) is 6.40. The Bertz CT molecular complexity index is 402. The molecule has 0 unspecified atom stereocenters. The number of nitrogens with two attached hydrogens (primary N) is 1. The highest BCUT2D eigenvalue weighted by Gasteiger charge is 2.09.